The highest BCUT2D eigenvalue weighted by molar-refractivity contribution is 4.80. The first-order valence-electron chi connectivity index (χ1n) is 4.75. The molecule has 0 aromatic carbocycles. The van der Waals surface area contributed by atoms with Gasteiger partial charge in [0.2, 0.25) is 0 Å². The molecule has 0 bridgehead atoms. The van der Waals surface area contributed by atoms with E-state index in [0.29, 0.717) is 6.42 Å². The summed E-state index contributed by atoms with van der Waals surface area (Å²) in [6.45, 7) is 8.26. The fraction of sp³-hybridized carbons (Fsp3) is 0.900. The maximum atomic E-state index is 8.71. The lowest BCUT2D eigenvalue weighted by atomic mass is 10.1. The molecular formula is C10H20N2O. The van der Waals surface area contributed by atoms with Crippen LogP contribution in [-0.4, -0.2) is 35.2 Å². The van der Waals surface area contributed by atoms with Crippen molar-refractivity contribution in [1.82, 2.24) is 4.90 Å². The lowest BCUT2D eigenvalue weighted by Gasteiger charge is -2.35. The Morgan fingerprint density at radius 2 is 1.92 bits per heavy atom. The molecule has 0 saturated heterocycles. The van der Waals surface area contributed by atoms with E-state index in [1.807, 2.05) is 0 Å². The zero-order valence-corrected chi connectivity index (χ0v) is 8.88. The fourth-order valence-electron chi connectivity index (χ4n) is 1.23. The maximum absolute atomic E-state index is 8.71. The van der Waals surface area contributed by atoms with Crippen molar-refractivity contribution >= 4 is 0 Å². The molecule has 0 aliphatic carbocycles. The predicted octanol–water partition coefficient (Wildman–Crippen LogP) is 1.38. The molecule has 0 aromatic rings. The topological polar surface area (TPSA) is 47.3 Å². The van der Waals surface area contributed by atoms with E-state index in [-0.39, 0.29) is 12.1 Å². The summed E-state index contributed by atoms with van der Waals surface area (Å²) in [6, 6.07) is 2.14. The Labute approximate surface area is 81.0 Å². The smallest absolute Gasteiger partial charge is 0.0635 e. The summed E-state index contributed by atoms with van der Waals surface area (Å²) in [5.41, 5.74) is 0.0893. The second-order valence-corrected chi connectivity index (χ2v) is 4.14. The fourth-order valence-corrected chi connectivity index (χ4v) is 1.23. The number of hydrogen-bond acceptors (Lipinski definition) is 3. The molecule has 1 N–H and O–H groups in total. The van der Waals surface area contributed by atoms with E-state index >= 15 is 0 Å². The molecule has 0 radical (unpaired) electrons. The summed E-state index contributed by atoms with van der Waals surface area (Å²) in [7, 11) is 0. The number of rotatable bonds is 5. The van der Waals surface area contributed by atoms with Crippen LogP contribution in [-0.2, 0) is 0 Å². The van der Waals surface area contributed by atoms with Crippen LogP contribution >= 0.6 is 0 Å². The van der Waals surface area contributed by atoms with Gasteiger partial charge in [0.05, 0.1) is 6.07 Å². The molecule has 0 heterocycles. The summed E-state index contributed by atoms with van der Waals surface area (Å²) >= 11 is 0. The Morgan fingerprint density at radius 1 is 1.31 bits per heavy atom. The molecule has 0 aliphatic heterocycles. The van der Waals surface area contributed by atoms with Gasteiger partial charge in [-0.1, -0.05) is 0 Å². The van der Waals surface area contributed by atoms with Gasteiger partial charge in [-0.2, -0.15) is 5.26 Å². The molecule has 0 aliphatic rings. The minimum atomic E-state index is 0.0893. The van der Waals surface area contributed by atoms with Crippen LogP contribution in [0.2, 0.25) is 0 Å². The predicted molar refractivity (Wildman–Crippen MR) is 53.3 cm³/mol. The van der Waals surface area contributed by atoms with Gasteiger partial charge in [0.15, 0.2) is 0 Å². The summed E-state index contributed by atoms with van der Waals surface area (Å²) < 4.78 is 0. The van der Waals surface area contributed by atoms with E-state index in [1.165, 1.54) is 0 Å². The van der Waals surface area contributed by atoms with E-state index in [2.05, 4.69) is 31.7 Å². The van der Waals surface area contributed by atoms with Crippen molar-refractivity contribution < 1.29 is 5.11 Å². The third-order valence-electron chi connectivity index (χ3n) is 2.03. The second kappa shape index (κ2) is 5.95. The normalized spacial score (nSPS) is 11.7. The van der Waals surface area contributed by atoms with Gasteiger partial charge in [-0.3, -0.25) is 4.90 Å². The van der Waals surface area contributed by atoms with Crippen molar-refractivity contribution in [2.45, 2.75) is 39.2 Å². The molecule has 0 aromatic heterocycles. The Hall–Kier alpha value is -0.590. The summed E-state index contributed by atoms with van der Waals surface area (Å²) in [6.07, 6.45) is 1.34. The molecule has 0 saturated carbocycles. The van der Waals surface area contributed by atoms with E-state index < -0.39 is 0 Å². The van der Waals surface area contributed by atoms with Crippen molar-refractivity contribution in [3.63, 3.8) is 0 Å². The van der Waals surface area contributed by atoms with E-state index in [4.69, 9.17) is 10.4 Å². The van der Waals surface area contributed by atoms with Gasteiger partial charge < -0.3 is 5.11 Å². The molecule has 0 amide bonds. The van der Waals surface area contributed by atoms with Gasteiger partial charge in [-0.15, -0.1) is 0 Å². The Morgan fingerprint density at radius 3 is 2.31 bits per heavy atom. The van der Waals surface area contributed by atoms with Gasteiger partial charge in [0.25, 0.3) is 0 Å². The highest BCUT2D eigenvalue weighted by atomic mass is 16.3. The van der Waals surface area contributed by atoms with Crippen molar-refractivity contribution in [1.29, 1.82) is 5.26 Å². The Bertz CT molecular complexity index is 167. The summed E-state index contributed by atoms with van der Waals surface area (Å²) in [5.74, 6) is 0. The first-order valence-corrected chi connectivity index (χ1v) is 4.75. The minimum absolute atomic E-state index is 0.0893. The van der Waals surface area contributed by atoms with Gasteiger partial charge in [-0.05, 0) is 27.2 Å². The third-order valence-corrected chi connectivity index (χ3v) is 2.03. The molecule has 76 valence electrons. The molecule has 0 unspecified atom stereocenters. The van der Waals surface area contributed by atoms with Crippen LogP contribution in [0, 0.1) is 11.3 Å². The summed E-state index contributed by atoms with van der Waals surface area (Å²) in [4.78, 5) is 2.23. The van der Waals surface area contributed by atoms with Crippen LogP contribution in [0.5, 0.6) is 0 Å². The van der Waals surface area contributed by atoms with Crippen molar-refractivity contribution in [2.75, 3.05) is 19.7 Å². The Kier molecular flexibility index (Phi) is 5.68. The lowest BCUT2D eigenvalue weighted by molar-refractivity contribution is 0.126. The number of aliphatic hydroxyl groups is 1. The quantitative estimate of drug-likeness (QED) is 0.702. The molecule has 13 heavy (non-hydrogen) atoms. The monoisotopic (exact) mass is 184 g/mol. The van der Waals surface area contributed by atoms with Crippen LogP contribution in [0.25, 0.3) is 0 Å². The zero-order chi connectivity index (χ0) is 10.3. The largest absolute Gasteiger partial charge is 0.396 e. The van der Waals surface area contributed by atoms with E-state index in [1.54, 1.807) is 0 Å². The molecular weight excluding hydrogens is 164 g/mol. The maximum Gasteiger partial charge on any atom is 0.0635 e. The molecule has 0 rings (SSSR count). The average molecular weight is 184 g/mol. The molecule has 0 spiro atoms. The number of nitriles is 1. The zero-order valence-electron chi connectivity index (χ0n) is 8.88. The van der Waals surface area contributed by atoms with Crippen LogP contribution in [0.1, 0.15) is 33.6 Å². The van der Waals surface area contributed by atoms with Crippen molar-refractivity contribution in [3.8, 4) is 6.07 Å². The lowest BCUT2D eigenvalue weighted by Crippen LogP contribution is -2.42. The molecule has 3 nitrogen and oxygen atoms in total. The SMILES string of the molecule is CC(C)(C)N(CCC#N)CCCO. The first-order chi connectivity index (χ1) is 6.02. The number of hydrogen-bond donors (Lipinski definition) is 1. The average Bonchev–Trinajstić information content (AvgIpc) is 2.02. The highest BCUT2D eigenvalue weighted by Crippen LogP contribution is 2.13. The summed E-state index contributed by atoms with van der Waals surface area (Å²) in [5, 5.41) is 17.2. The molecule has 0 fully saturated rings. The number of nitrogens with zero attached hydrogens (tertiary/aromatic N) is 2. The van der Waals surface area contributed by atoms with Crippen LogP contribution in [0.15, 0.2) is 0 Å². The van der Waals surface area contributed by atoms with Gasteiger partial charge >= 0.3 is 0 Å². The Balaban J connectivity index is 3.97. The third kappa shape index (κ3) is 5.62. The second-order valence-electron chi connectivity index (χ2n) is 4.14. The van der Waals surface area contributed by atoms with E-state index in [9.17, 15) is 0 Å². The minimum Gasteiger partial charge on any atom is -0.396 e. The van der Waals surface area contributed by atoms with Crippen molar-refractivity contribution in [2.24, 2.45) is 0 Å². The van der Waals surface area contributed by atoms with Crippen LogP contribution in [0.3, 0.4) is 0 Å². The first kappa shape index (κ1) is 12.4. The van der Waals surface area contributed by atoms with Gasteiger partial charge in [0, 0.05) is 31.7 Å². The molecule has 3 heteroatoms. The van der Waals surface area contributed by atoms with Crippen molar-refractivity contribution in [3.05, 3.63) is 0 Å². The number of aliphatic hydroxyl groups excluding tert-OH is 1. The van der Waals surface area contributed by atoms with Gasteiger partial charge in [-0.25, -0.2) is 0 Å². The highest BCUT2D eigenvalue weighted by Gasteiger charge is 2.19. The van der Waals surface area contributed by atoms with Gasteiger partial charge in [0.1, 0.15) is 0 Å². The van der Waals surface area contributed by atoms with Crippen LogP contribution in [0.4, 0.5) is 0 Å². The van der Waals surface area contributed by atoms with Crippen LogP contribution < -0.4 is 0 Å². The van der Waals surface area contributed by atoms with E-state index in [0.717, 1.165) is 19.5 Å². The molecule has 0 atom stereocenters. The standard InChI is InChI=1S/C10H20N2O/c1-10(2,3)12(7-4-6-11)8-5-9-13/h13H,4-5,7-9H2,1-3H3.